The van der Waals surface area contributed by atoms with Gasteiger partial charge in [-0.05, 0) is 63.3 Å². The molecule has 0 saturated carbocycles. The lowest BCUT2D eigenvalue weighted by atomic mass is 10.0. The monoisotopic (exact) mass is 286 g/mol. The van der Waals surface area contributed by atoms with Gasteiger partial charge in [0.15, 0.2) is 0 Å². The molecule has 21 heavy (non-hydrogen) atoms. The van der Waals surface area contributed by atoms with Crippen LogP contribution in [0.25, 0.3) is 0 Å². The van der Waals surface area contributed by atoms with E-state index in [1.807, 2.05) is 24.3 Å². The standard InChI is InChI=1S/C19H26O2/c1-5-14-20-18-9-11-19(12-10-18)21-15-13-17(4)8-6-7-16(2)3/h1,7,9-12,17H,6,8,13-15H2,2-4H3. The second-order valence-electron chi connectivity index (χ2n) is 5.57. The molecule has 0 heterocycles. The van der Waals surface area contributed by atoms with E-state index in [9.17, 15) is 0 Å². The Balaban J connectivity index is 2.23. The van der Waals surface area contributed by atoms with Gasteiger partial charge in [0.05, 0.1) is 6.61 Å². The van der Waals surface area contributed by atoms with E-state index in [2.05, 4.69) is 32.8 Å². The lowest BCUT2D eigenvalue weighted by molar-refractivity contribution is 0.279. The second-order valence-corrected chi connectivity index (χ2v) is 5.57. The summed E-state index contributed by atoms with van der Waals surface area (Å²) in [4.78, 5) is 0. The van der Waals surface area contributed by atoms with Crippen LogP contribution in [0.1, 0.15) is 40.0 Å². The van der Waals surface area contributed by atoms with E-state index in [0.29, 0.717) is 12.5 Å². The van der Waals surface area contributed by atoms with E-state index in [1.165, 1.54) is 12.0 Å². The van der Waals surface area contributed by atoms with Gasteiger partial charge >= 0.3 is 0 Å². The summed E-state index contributed by atoms with van der Waals surface area (Å²) in [5.41, 5.74) is 1.39. The average molecular weight is 286 g/mol. The van der Waals surface area contributed by atoms with Gasteiger partial charge in [-0.15, -0.1) is 6.42 Å². The fourth-order valence-corrected chi connectivity index (χ4v) is 1.94. The molecule has 0 radical (unpaired) electrons. The van der Waals surface area contributed by atoms with Gasteiger partial charge in [-0.25, -0.2) is 0 Å². The Kier molecular flexibility index (Phi) is 8.12. The summed E-state index contributed by atoms with van der Waals surface area (Å²) in [5.74, 6) is 4.77. The van der Waals surface area contributed by atoms with Crippen LogP contribution in [-0.2, 0) is 0 Å². The zero-order valence-corrected chi connectivity index (χ0v) is 13.4. The molecule has 0 aliphatic carbocycles. The van der Waals surface area contributed by atoms with Gasteiger partial charge in [0, 0.05) is 0 Å². The zero-order chi connectivity index (χ0) is 15.5. The van der Waals surface area contributed by atoms with E-state index in [0.717, 1.165) is 30.9 Å². The topological polar surface area (TPSA) is 18.5 Å². The van der Waals surface area contributed by atoms with E-state index < -0.39 is 0 Å². The molecule has 1 atom stereocenters. The fraction of sp³-hybridized carbons (Fsp3) is 0.474. The number of hydrogen-bond donors (Lipinski definition) is 0. The van der Waals surface area contributed by atoms with Gasteiger partial charge in [0.2, 0.25) is 0 Å². The molecule has 1 aromatic carbocycles. The van der Waals surface area contributed by atoms with Crippen molar-refractivity contribution in [3.63, 3.8) is 0 Å². The summed E-state index contributed by atoms with van der Waals surface area (Å²) >= 11 is 0. The van der Waals surface area contributed by atoms with E-state index in [-0.39, 0.29) is 0 Å². The lowest BCUT2D eigenvalue weighted by Crippen LogP contribution is -2.04. The predicted molar refractivity (Wildman–Crippen MR) is 88.7 cm³/mol. The molecule has 2 heteroatoms. The summed E-state index contributed by atoms with van der Waals surface area (Å²) < 4.78 is 11.1. The van der Waals surface area contributed by atoms with Crippen LogP contribution < -0.4 is 9.47 Å². The van der Waals surface area contributed by atoms with Crippen LogP contribution in [0.2, 0.25) is 0 Å². The number of hydrogen-bond acceptors (Lipinski definition) is 2. The molecule has 114 valence electrons. The van der Waals surface area contributed by atoms with Crippen LogP contribution in [0.4, 0.5) is 0 Å². The lowest BCUT2D eigenvalue weighted by Gasteiger charge is -2.12. The Bertz CT molecular complexity index is 461. The van der Waals surface area contributed by atoms with Crippen LogP contribution in [-0.4, -0.2) is 13.2 Å². The van der Waals surface area contributed by atoms with Gasteiger partial charge in [0.1, 0.15) is 18.1 Å². The molecular formula is C19H26O2. The van der Waals surface area contributed by atoms with Crippen LogP contribution in [0.15, 0.2) is 35.9 Å². The molecule has 0 aliphatic heterocycles. The molecule has 0 saturated heterocycles. The third-order valence-electron chi connectivity index (χ3n) is 3.24. The molecule has 0 bridgehead atoms. The maximum atomic E-state index is 5.75. The SMILES string of the molecule is C#CCOc1ccc(OCCC(C)CCC=C(C)C)cc1. The number of ether oxygens (including phenoxy) is 2. The molecule has 1 unspecified atom stereocenters. The predicted octanol–water partition coefficient (Wildman–Crippen LogP) is 4.85. The molecule has 0 amide bonds. The third-order valence-corrected chi connectivity index (χ3v) is 3.24. The van der Waals surface area contributed by atoms with Crippen molar-refractivity contribution in [2.75, 3.05) is 13.2 Å². The quantitative estimate of drug-likeness (QED) is 0.477. The Hall–Kier alpha value is -1.88. The second kappa shape index (κ2) is 9.94. The first-order valence-electron chi connectivity index (χ1n) is 7.54. The van der Waals surface area contributed by atoms with Crippen LogP contribution in [0.3, 0.4) is 0 Å². The molecule has 2 nitrogen and oxygen atoms in total. The van der Waals surface area contributed by atoms with Gasteiger partial charge in [-0.1, -0.05) is 24.5 Å². The number of allylic oxidation sites excluding steroid dienone is 2. The summed E-state index contributed by atoms with van der Waals surface area (Å²) in [6.07, 6.45) is 10.9. The van der Waals surface area contributed by atoms with Crippen LogP contribution in [0, 0.1) is 18.3 Å². The molecule has 1 rings (SSSR count). The van der Waals surface area contributed by atoms with Crippen molar-refractivity contribution in [1.29, 1.82) is 0 Å². The Labute approximate surface area is 129 Å². The van der Waals surface area contributed by atoms with Crippen molar-refractivity contribution in [1.82, 2.24) is 0 Å². The Morgan fingerprint density at radius 3 is 2.33 bits per heavy atom. The average Bonchev–Trinajstić information content (AvgIpc) is 2.46. The third kappa shape index (κ3) is 8.09. The van der Waals surface area contributed by atoms with Crippen LogP contribution in [0.5, 0.6) is 11.5 Å². The van der Waals surface area contributed by atoms with Gasteiger partial charge in [0.25, 0.3) is 0 Å². The van der Waals surface area contributed by atoms with Crippen molar-refractivity contribution < 1.29 is 9.47 Å². The number of terminal acetylenes is 1. The van der Waals surface area contributed by atoms with Crippen molar-refractivity contribution in [3.8, 4) is 23.8 Å². The van der Waals surface area contributed by atoms with Crippen LogP contribution >= 0.6 is 0 Å². The smallest absolute Gasteiger partial charge is 0.148 e. The van der Waals surface area contributed by atoms with Gasteiger partial charge in [-0.3, -0.25) is 0 Å². The normalized spacial score (nSPS) is 11.3. The molecule has 0 spiro atoms. The summed E-state index contributed by atoms with van der Waals surface area (Å²) in [6.45, 7) is 7.61. The molecule has 0 fully saturated rings. The highest BCUT2D eigenvalue weighted by Crippen LogP contribution is 2.19. The summed E-state index contributed by atoms with van der Waals surface area (Å²) in [6, 6.07) is 7.59. The van der Waals surface area contributed by atoms with Crippen molar-refractivity contribution in [2.24, 2.45) is 5.92 Å². The Morgan fingerprint density at radius 2 is 1.76 bits per heavy atom. The highest BCUT2D eigenvalue weighted by atomic mass is 16.5. The van der Waals surface area contributed by atoms with Crippen molar-refractivity contribution in [2.45, 2.75) is 40.0 Å². The Morgan fingerprint density at radius 1 is 1.14 bits per heavy atom. The maximum absolute atomic E-state index is 5.75. The minimum absolute atomic E-state index is 0.295. The molecule has 0 N–H and O–H groups in total. The largest absolute Gasteiger partial charge is 0.494 e. The zero-order valence-electron chi connectivity index (χ0n) is 13.4. The molecule has 1 aromatic rings. The van der Waals surface area contributed by atoms with E-state index in [4.69, 9.17) is 15.9 Å². The maximum Gasteiger partial charge on any atom is 0.148 e. The van der Waals surface area contributed by atoms with Crippen molar-refractivity contribution >= 4 is 0 Å². The highest BCUT2D eigenvalue weighted by Gasteiger charge is 2.02. The highest BCUT2D eigenvalue weighted by molar-refractivity contribution is 5.31. The summed E-state index contributed by atoms with van der Waals surface area (Å²) in [7, 11) is 0. The number of benzene rings is 1. The summed E-state index contributed by atoms with van der Waals surface area (Å²) in [5, 5.41) is 0. The first-order valence-corrected chi connectivity index (χ1v) is 7.54. The molecule has 0 aliphatic rings. The minimum Gasteiger partial charge on any atom is -0.494 e. The molecule has 0 aromatic heterocycles. The van der Waals surface area contributed by atoms with E-state index in [1.54, 1.807) is 0 Å². The van der Waals surface area contributed by atoms with Gasteiger partial charge in [-0.2, -0.15) is 0 Å². The number of rotatable bonds is 9. The minimum atomic E-state index is 0.295. The first kappa shape index (κ1) is 17.2. The molecular weight excluding hydrogens is 260 g/mol. The first-order chi connectivity index (χ1) is 10.1. The fourth-order valence-electron chi connectivity index (χ4n) is 1.94. The van der Waals surface area contributed by atoms with E-state index >= 15 is 0 Å². The van der Waals surface area contributed by atoms with Gasteiger partial charge < -0.3 is 9.47 Å². The van der Waals surface area contributed by atoms with Crippen molar-refractivity contribution in [3.05, 3.63) is 35.9 Å².